The number of carbonyl (C=O) groups is 2. The molecule has 7 nitrogen and oxygen atoms in total. The predicted octanol–water partition coefficient (Wildman–Crippen LogP) is 3.54. The lowest BCUT2D eigenvalue weighted by molar-refractivity contribution is -0.114. The van der Waals surface area contributed by atoms with Crippen LogP contribution in [0.3, 0.4) is 0 Å². The molecule has 0 saturated heterocycles. The lowest BCUT2D eigenvalue weighted by Gasteiger charge is -2.12. The number of hydrogen-bond donors (Lipinski definition) is 3. The minimum atomic E-state index is -0.207. The van der Waals surface area contributed by atoms with Crippen LogP contribution in [0.25, 0.3) is 0 Å². The first-order chi connectivity index (χ1) is 14.5. The van der Waals surface area contributed by atoms with Crippen molar-refractivity contribution in [1.29, 1.82) is 0 Å². The van der Waals surface area contributed by atoms with Crippen LogP contribution in [-0.2, 0) is 9.53 Å². The Morgan fingerprint density at radius 2 is 1.80 bits per heavy atom. The first kappa shape index (κ1) is 23.2. The topological polar surface area (TPSA) is 88.7 Å². The molecular weight excluding hydrogens is 382 g/mol. The SMILES string of the molecule is COCCCNC(=O)c1cccc(NC(=O)CNc2cccc(OCC(C)C)c2)c1. The van der Waals surface area contributed by atoms with Gasteiger partial charge in [0, 0.05) is 43.3 Å². The molecule has 0 spiro atoms. The van der Waals surface area contributed by atoms with Crippen molar-refractivity contribution >= 4 is 23.2 Å². The van der Waals surface area contributed by atoms with Crippen molar-refractivity contribution in [2.75, 3.05) is 44.0 Å². The fourth-order valence-electron chi connectivity index (χ4n) is 2.60. The number of hydrogen-bond acceptors (Lipinski definition) is 5. The van der Waals surface area contributed by atoms with Crippen LogP contribution in [0.1, 0.15) is 30.6 Å². The highest BCUT2D eigenvalue weighted by Gasteiger charge is 2.08. The lowest BCUT2D eigenvalue weighted by atomic mass is 10.2. The van der Waals surface area contributed by atoms with Crippen LogP contribution in [0.15, 0.2) is 48.5 Å². The van der Waals surface area contributed by atoms with Crippen molar-refractivity contribution in [3.05, 3.63) is 54.1 Å². The maximum Gasteiger partial charge on any atom is 0.251 e. The second kappa shape index (κ2) is 12.5. The van der Waals surface area contributed by atoms with Gasteiger partial charge < -0.3 is 25.4 Å². The van der Waals surface area contributed by atoms with Gasteiger partial charge in [-0.2, -0.15) is 0 Å². The number of anilines is 2. The minimum absolute atomic E-state index is 0.0983. The third-order valence-corrected chi connectivity index (χ3v) is 4.09. The lowest BCUT2D eigenvalue weighted by Crippen LogP contribution is -2.25. The molecule has 0 aliphatic rings. The summed E-state index contributed by atoms with van der Waals surface area (Å²) in [6, 6.07) is 14.4. The van der Waals surface area contributed by atoms with Gasteiger partial charge in [-0.15, -0.1) is 0 Å². The average Bonchev–Trinajstić information content (AvgIpc) is 2.74. The molecule has 0 unspecified atom stereocenters. The van der Waals surface area contributed by atoms with Crippen molar-refractivity contribution in [2.45, 2.75) is 20.3 Å². The Bertz CT molecular complexity index is 824. The van der Waals surface area contributed by atoms with E-state index in [4.69, 9.17) is 9.47 Å². The Morgan fingerprint density at radius 1 is 1.03 bits per heavy atom. The second-order valence-corrected chi connectivity index (χ2v) is 7.32. The van der Waals surface area contributed by atoms with E-state index in [9.17, 15) is 9.59 Å². The Kier molecular flexibility index (Phi) is 9.67. The number of benzene rings is 2. The molecule has 0 atom stereocenters. The van der Waals surface area contributed by atoms with Crippen LogP contribution < -0.4 is 20.7 Å². The van der Waals surface area contributed by atoms with E-state index >= 15 is 0 Å². The van der Waals surface area contributed by atoms with E-state index in [1.54, 1.807) is 31.4 Å². The third-order valence-electron chi connectivity index (χ3n) is 4.09. The maximum atomic E-state index is 12.3. The second-order valence-electron chi connectivity index (χ2n) is 7.32. The molecule has 2 aromatic carbocycles. The molecule has 0 radical (unpaired) electrons. The fourth-order valence-corrected chi connectivity index (χ4v) is 2.60. The number of amides is 2. The predicted molar refractivity (Wildman–Crippen MR) is 119 cm³/mol. The van der Waals surface area contributed by atoms with Gasteiger partial charge in [0.2, 0.25) is 5.91 Å². The molecule has 30 heavy (non-hydrogen) atoms. The largest absolute Gasteiger partial charge is 0.493 e. The highest BCUT2D eigenvalue weighted by atomic mass is 16.5. The third kappa shape index (κ3) is 8.53. The molecule has 7 heteroatoms. The van der Waals surface area contributed by atoms with Gasteiger partial charge in [-0.1, -0.05) is 26.0 Å². The zero-order valence-electron chi connectivity index (χ0n) is 17.9. The van der Waals surface area contributed by atoms with Crippen LogP contribution in [0.2, 0.25) is 0 Å². The Hall–Kier alpha value is -3.06. The molecule has 3 N–H and O–H groups in total. The van der Waals surface area contributed by atoms with Crippen LogP contribution in [0.4, 0.5) is 11.4 Å². The number of methoxy groups -OCH3 is 1. The maximum absolute atomic E-state index is 12.3. The molecule has 2 aromatic rings. The number of ether oxygens (including phenoxy) is 2. The summed E-state index contributed by atoms with van der Waals surface area (Å²) in [6.45, 7) is 6.05. The van der Waals surface area contributed by atoms with Gasteiger partial charge in [-0.25, -0.2) is 0 Å². The summed E-state index contributed by atoms with van der Waals surface area (Å²) >= 11 is 0. The van der Waals surface area contributed by atoms with E-state index in [0.29, 0.717) is 36.9 Å². The van der Waals surface area contributed by atoms with E-state index in [0.717, 1.165) is 17.9 Å². The number of rotatable bonds is 12. The minimum Gasteiger partial charge on any atom is -0.493 e. The Morgan fingerprint density at radius 3 is 2.57 bits per heavy atom. The van der Waals surface area contributed by atoms with Gasteiger partial charge in [0.25, 0.3) is 5.91 Å². The summed E-state index contributed by atoms with van der Waals surface area (Å²) < 4.78 is 10.7. The summed E-state index contributed by atoms with van der Waals surface area (Å²) in [5.41, 5.74) is 1.86. The quantitative estimate of drug-likeness (QED) is 0.463. The van der Waals surface area contributed by atoms with E-state index in [-0.39, 0.29) is 18.4 Å². The molecule has 2 rings (SSSR count). The molecule has 0 aliphatic carbocycles. The Balaban J connectivity index is 1.83. The summed E-state index contributed by atoms with van der Waals surface area (Å²) in [5.74, 6) is 0.814. The van der Waals surface area contributed by atoms with Gasteiger partial charge in [0.15, 0.2) is 0 Å². The molecule has 0 saturated carbocycles. The highest BCUT2D eigenvalue weighted by Crippen LogP contribution is 2.18. The normalized spacial score (nSPS) is 10.5. The van der Waals surface area contributed by atoms with Crippen molar-refractivity contribution in [3.63, 3.8) is 0 Å². The first-order valence-electron chi connectivity index (χ1n) is 10.1. The summed E-state index contributed by atoms with van der Waals surface area (Å²) in [7, 11) is 1.63. The van der Waals surface area contributed by atoms with E-state index in [1.807, 2.05) is 24.3 Å². The van der Waals surface area contributed by atoms with Crippen LogP contribution >= 0.6 is 0 Å². The Labute approximate surface area is 178 Å². The van der Waals surface area contributed by atoms with Gasteiger partial charge in [-0.3, -0.25) is 9.59 Å². The van der Waals surface area contributed by atoms with Crippen molar-refractivity contribution < 1.29 is 19.1 Å². The monoisotopic (exact) mass is 413 g/mol. The van der Waals surface area contributed by atoms with Gasteiger partial charge in [0.05, 0.1) is 13.2 Å². The van der Waals surface area contributed by atoms with Crippen molar-refractivity contribution in [3.8, 4) is 5.75 Å². The molecule has 2 amide bonds. The molecule has 0 heterocycles. The van der Waals surface area contributed by atoms with Gasteiger partial charge in [0.1, 0.15) is 5.75 Å². The molecular formula is C23H31N3O4. The average molecular weight is 414 g/mol. The van der Waals surface area contributed by atoms with E-state index in [2.05, 4.69) is 29.8 Å². The molecule has 0 aromatic heterocycles. The molecule has 0 fully saturated rings. The van der Waals surface area contributed by atoms with Crippen LogP contribution in [0, 0.1) is 5.92 Å². The fraction of sp³-hybridized carbons (Fsp3) is 0.391. The van der Waals surface area contributed by atoms with E-state index < -0.39 is 0 Å². The number of carbonyl (C=O) groups excluding carboxylic acids is 2. The van der Waals surface area contributed by atoms with Crippen molar-refractivity contribution in [2.24, 2.45) is 5.92 Å². The molecule has 0 aliphatic heterocycles. The van der Waals surface area contributed by atoms with Gasteiger partial charge in [-0.05, 0) is 42.7 Å². The smallest absolute Gasteiger partial charge is 0.251 e. The number of nitrogens with one attached hydrogen (secondary N) is 3. The highest BCUT2D eigenvalue weighted by molar-refractivity contribution is 5.98. The standard InChI is InChI=1S/C23H31N3O4/c1-17(2)16-30-21-10-5-8-19(14-21)25-15-22(27)26-20-9-4-7-18(13-20)23(28)24-11-6-12-29-3/h4-5,7-10,13-14,17,25H,6,11-12,15-16H2,1-3H3,(H,24,28)(H,26,27). The zero-order chi connectivity index (χ0) is 21.8. The molecule has 0 bridgehead atoms. The van der Waals surface area contributed by atoms with Gasteiger partial charge >= 0.3 is 0 Å². The summed E-state index contributed by atoms with van der Waals surface area (Å²) in [5, 5.41) is 8.72. The van der Waals surface area contributed by atoms with Crippen molar-refractivity contribution in [1.82, 2.24) is 5.32 Å². The first-order valence-corrected chi connectivity index (χ1v) is 10.1. The summed E-state index contributed by atoms with van der Waals surface area (Å²) in [6.07, 6.45) is 0.744. The van der Waals surface area contributed by atoms with Crippen LogP contribution in [0.5, 0.6) is 5.75 Å². The van der Waals surface area contributed by atoms with Crippen LogP contribution in [-0.4, -0.2) is 45.2 Å². The molecule has 162 valence electrons. The summed E-state index contributed by atoms with van der Waals surface area (Å²) in [4.78, 5) is 24.5. The van der Waals surface area contributed by atoms with E-state index in [1.165, 1.54) is 0 Å². The zero-order valence-corrected chi connectivity index (χ0v) is 17.9.